The van der Waals surface area contributed by atoms with Crippen LogP contribution in [0.2, 0.25) is 0 Å². The summed E-state index contributed by atoms with van der Waals surface area (Å²) in [6.45, 7) is 0. The number of aromatic nitrogens is 2. The Kier molecular flexibility index (Phi) is 3.46. The lowest BCUT2D eigenvalue weighted by Crippen LogP contribution is -2.15. The third kappa shape index (κ3) is 2.62. The molecule has 1 saturated heterocycles. The van der Waals surface area contributed by atoms with Crippen molar-refractivity contribution in [3.05, 3.63) is 18.2 Å². The van der Waals surface area contributed by atoms with Crippen LogP contribution >= 0.6 is 11.8 Å². The minimum absolute atomic E-state index is 0.315. The molecule has 2 rings (SSSR count). The van der Waals surface area contributed by atoms with Crippen LogP contribution in [0.3, 0.4) is 0 Å². The van der Waals surface area contributed by atoms with E-state index < -0.39 is 0 Å². The first-order chi connectivity index (χ1) is 7.27. The molecule has 0 aliphatic carbocycles. The van der Waals surface area contributed by atoms with Crippen molar-refractivity contribution in [1.82, 2.24) is 9.55 Å². The molecule has 1 atom stereocenters. The molecule has 2 heterocycles. The van der Waals surface area contributed by atoms with Crippen LogP contribution in [0.1, 0.15) is 18.7 Å². The maximum atomic E-state index is 11.8. The molecule has 1 aliphatic heterocycles. The third-order valence-electron chi connectivity index (χ3n) is 2.90. The second-order valence-electron chi connectivity index (χ2n) is 3.98. The number of hydrogen-bond donors (Lipinski definition) is 0. The Morgan fingerprint density at radius 3 is 3.20 bits per heavy atom. The number of carbonyl (C=O) groups excluding carboxylic acids is 1. The maximum absolute atomic E-state index is 11.8. The van der Waals surface area contributed by atoms with Crippen LogP contribution in [0.5, 0.6) is 0 Å². The summed E-state index contributed by atoms with van der Waals surface area (Å²) in [5.74, 6) is 3.92. The van der Waals surface area contributed by atoms with E-state index in [2.05, 4.69) is 4.98 Å². The maximum Gasteiger partial charge on any atom is 0.137 e. The highest BCUT2D eigenvalue weighted by molar-refractivity contribution is 7.99. The van der Waals surface area contributed by atoms with Gasteiger partial charge >= 0.3 is 0 Å². The van der Waals surface area contributed by atoms with Crippen LogP contribution in [0.15, 0.2) is 12.4 Å². The summed E-state index contributed by atoms with van der Waals surface area (Å²) in [7, 11) is 1.97. The van der Waals surface area contributed by atoms with Crippen LogP contribution in [0.4, 0.5) is 0 Å². The summed E-state index contributed by atoms with van der Waals surface area (Å²) < 4.78 is 1.98. The molecule has 0 aromatic carbocycles. The number of Topliss-reactive ketones (excluding diaryl/α,β-unsaturated/α-hetero) is 1. The Morgan fingerprint density at radius 2 is 2.60 bits per heavy atom. The lowest BCUT2D eigenvalue weighted by molar-refractivity contribution is -0.122. The third-order valence-corrected chi connectivity index (χ3v) is 4.06. The highest BCUT2D eigenvalue weighted by atomic mass is 32.2. The van der Waals surface area contributed by atoms with Gasteiger partial charge in [-0.3, -0.25) is 4.79 Å². The van der Waals surface area contributed by atoms with E-state index in [-0.39, 0.29) is 0 Å². The van der Waals surface area contributed by atoms with Crippen LogP contribution in [0, 0.1) is 5.92 Å². The second kappa shape index (κ2) is 4.84. The number of thioether (sulfide) groups is 1. The zero-order chi connectivity index (χ0) is 10.7. The van der Waals surface area contributed by atoms with E-state index in [1.165, 1.54) is 0 Å². The van der Waals surface area contributed by atoms with E-state index in [1.54, 1.807) is 6.20 Å². The van der Waals surface area contributed by atoms with Crippen LogP contribution in [0.25, 0.3) is 0 Å². The van der Waals surface area contributed by atoms with E-state index in [1.807, 2.05) is 29.6 Å². The summed E-state index contributed by atoms with van der Waals surface area (Å²) in [6.07, 6.45) is 6.21. The molecule has 82 valence electrons. The minimum atomic E-state index is 0.315. The quantitative estimate of drug-likeness (QED) is 0.780. The van der Waals surface area contributed by atoms with Gasteiger partial charge in [-0.2, -0.15) is 11.8 Å². The SMILES string of the molecule is Cn1ccnc1CCC(=O)C1CCSC1. The van der Waals surface area contributed by atoms with Gasteiger partial charge in [-0.05, 0) is 12.2 Å². The first-order valence-electron chi connectivity index (χ1n) is 5.34. The fraction of sp³-hybridized carbons (Fsp3) is 0.636. The average molecular weight is 224 g/mol. The van der Waals surface area contributed by atoms with Gasteiger partial charge in [-0.1, -0.05) is 0 Å². The summed E-state index contributed by atoms with van der Waals surface area (Å²) in [5.41, 5.74) is 0. The Hall–Kier alpha value is -0.770. The molecule has 1 aromatic heterocycles. The summed E-state index contributed by atoms with van der Waals surface area (Å²) >= 11 is 1.90. The van der Waals surface area contributed by atoms with E-state index in [4.69, 9.17) is 0 Å². The van der Waals surface area contributed by atoms with Crippen molar-refractivity contribution in [3.63, 3.8) is 0 Å². The van der Waals surface area contributed by atoms with Crippen LogP contribution in [-0.4, -0.2) is 26.8 Å². The molecule has 0 saturated carbocycles. The second-order valence-corrected chi connectivity index (χ2v) is 5.13. The number of hydrogen-bond acceptors (Lipinski definition) is 3. The molecule has 1 fully saturated rings. The summed E-state index contributed by atoms with van der Waals surface area (Å²) in [5, 5.41) is 0. The van der Waals surface area contributed by atoms with Crippen molar-refractivity contribution in [3.8, 4) is 0 Å². The molecule has 1 aromatic rings. The van der Waals surface area contributed by atoms with E-state index in [0.29, 0.717) is 18.1 Å². The molecule has 0 amide bonds. The number of ketones is 1. The molecule has 0 radical (unpaired) electrons. The molecular formula is C11H16N2OS. The molecule has 1 aliphatic rings. The zero-order valence-corrected chi connectivity index (χ0v) is 9.80. The number of carbonyl (C=O) groups is 1. The van der Waals surface area contributed by atoms with Crippen molar-refractivity contribution in [1.29, 1.82) is 0 Å². The standard InChI is InChI=1S/C11H16N2OS/c1-13-6-5-12-11(13)3-2-10(14)9-4-7-15-8-9/h5-6,9H,2-4,7-8H2,1H3. The number of imidazole rings is 1. The van der Waals surface area contributed by atoms with Gasteiger partial charge in [0, 0.05) is 44.0 Å². The van der Waals surface area contributed by atoms with E-state index in [0.717, 1.165) is 30.2 Å². The zero-order valence-electron chi connectivity index (χ0n) is 8.98. The molecular weight excluding hydrogens is 208 g/mol. The molecule has 3 nitrogen and oxygen atoms in total. The number of nitrogens with zero attached hydrogens (tertiary/aromatic N) is 2. The van der Waals surface area contributed by atoms with E-state index in [9.17, 15) is 4.79 Å². The van der Waals surface area contributed by atoms with Gasteiger partial charge in [0.15, 0.2) is 0 Å². The average Bonchev–Trinajstić information content (AvgIpc) is 2.85. The van der Waals surface area contributed by atoms with Gasteiger partial charge in [0.25, 0.3) is 0 Å². The summed E-state index contributed by atoms with van der Waals surface area (Å²) in [4.78, 5) is 16.0. The molecule has 0 spiro atoms. The molecule has 0 bridgehead atoms. The fourth-order valence-corrected chi connectivity index (χ4v) is 3.12. The van der Waals surface area contributed by atoms with Crippen molar-refractivity contribution in [2.45, 2.75) is 19.3 Å². The number of rotatable bonds is 4. The fourth-order valence-electron chi connectivity index (χ4n) is 1.86. The highest BCUT2D eigenvalue weighted by Crippen LogP contribution is 2.25. The van der Waals surface area contributed by atoms with Gasteiger partial charge < -0.3 is 4.57 Å². The Morgan fingerprint density at radius 1 is 1.73 bits per heavy atom. The van der Waals surface area contributed by atoms with Crippen LogP contribution < -0.4 is 0 Å². The van der Waals surface area contributed by atoms with Crippen molar-refractivity contribution < 1.29 is 4.79 Å². The topological polar surface area (TPSA) is 34.9 Å². The van der Waals surface area contributed by atoms with Gasteiger partial charge in [0.1, 0.15) is 11.6 Å². The Balaban J connectivity index is 1.83. The predicted octanol–water partition coefficient (Wildman–Crippen LogP) is 1.67. The predicted molar refractivity (Wildman–Crippen MR) is 62.0 cm³/mol. The van der Waals surface area contributed by atoms with Crippen molar-refractivity contribution in [2.24, 2.45) is 13.0 Å². The Labute approximate surface area is 94.3 Å². The lowest BCUT2D eigenvalue weighted by Gasteiger charge is -2.06. The monoisotopic (exact) mass is 224 g/mol. The molecule has 4 heteroatoms. The van der Waals surface area contributed by atoms with Gasteiger partial charge in [0.05, 0.1) is 0 Å². The first kappa shape index (κ1) is 10.7. The highest BCUT2D eigenvalue weighted by Gasteiger charge is 2.22. The Bertz CT molecular complexity index is 342. The minimum Gasteiger partial charge on any atom is -0.338 e. The van der Waals surface area contributed by atoms with Gasteiger partial charge in [0.2, 0.25) is 0 Å². The summed E-state index contributed by atoms with van der Waals surface area (Å²) in [6, 6.07) is 0. The normalized spacial score (nSPS) is 20.7. The lowest BCUT2D eigenvalue weighted by atomic mass is 10.00. The molecule has 0 N–H and O–H groups in total. The van der Waals surface area contributed by atoms with Gasteiger partial charge in [-0.15, -0.1) is 0 Å². The van der Waals surface area contributed by atoms with E-state index >= 15 is 0 Å². The smallest absolute Gasteiger partial charge is 0.137 e. The van der Waals surface area contributed by atoms with Crippen molar-refractivity contribution in [2.75, 3.05) is 11.5 Å². The largest absolute Gasteiger partial charge is 0.338 e. The number of aryl methyl sites for hydroxylation is 2. The van der Waals surface area contributed by atoms with Gasteiger partial charge in [-0.25, -0.2) is 4.98 Å². The molecule has 1 unspecified atom stereocenters. The molecule has 15 heavy (non-hydrogen) atoms. The van der Waals surface area contributed by atoms with Crippen LogP contribution in [-0.2, 0) is 18.3 Å². The van der Waals surface area contributed by atoms with Crippen molar-refractivity contribution >= 4 is 17.5 Å². The first-order valence-corrected chi connectivity index (χ1v) is 6.49.